The summed E-state index contributed by atoms with van der Waals surface area (Å²) in [4.78, 5) is 33.2. The molecule has 0 spiro atoms. The summed E-state index contributed by atoms with van der Waals surface area (Å²) in [6.45, 7) is 0. The number of benzene rings is 9. The highest BCUT2D eigenvalue weighted by Crippen LogP contribution is 2.44. The van der Waals surface area contributed by atoms with Gasteiger partial charge in [0.05, 0.1) is 57.3 Å². The van der Waals surface area contributed by atoms with E-state index in [9.17, 15) is 0 Å². The van der Waals surface area contributed by atoms with Crippen LogP contribution in [0.15, 0.2) is 290 Å². The smallest absolute Gasteiger partial charge is 0.217 e. The highest BCUT2D eigenvalue weighted by molar-refractivity contribution is 6.14. The Kier molecular flexibility index (Phi) is 11.8. The van der Waals surface area contributed by atoms with Gasteiger partial charge in [-0.3, -0.25) is 4.57 Å². The number of hydrogen-bond acceptors (Lipinski definition) is 12. The highest BCUT2D eigenvalue weighted by atomic mass is 16.3. The predicted molar refractivity (Wildman–Crippen MR) is 363 cm³/mol. The second-order valence-electron chi connectivity index (χ2n) is 22.9. The molecule has 0 amide bonds. The van der Waals surface area contributed by atoms with E-state index in [1.807, 2.05) is 126 Å². The van der Waals surface area contributed by atoms with Crippen molar-refractivity contribution in [2.24, 2.45) is 0 Å². The van der Waals surface area contributed by atoms with Crippen molar-refractivity contribution in [3.05, 3.63) is 281 Å². The quantitative estimate of drug-likeness (QED) is 0.113. The minimum atomic E-state index is 0.463. The zero-order valence-corrected chi connectivity index (χ0v) is 49.5. The first-order valence-corrected chi connectivity index (χ1v) is 30.4. The second kappa shape index (κ2) is 21.1. The SMILES string of the molecule is c1ccc(-n2cnc(-c3ccc4c(c3)c3cc(-c5cc(-n6c7ccc(-c8ccoc8-c8ncn(-c9ccccc9)n8)cc7c7cc(-c8ccoc8-c8ncn(-c9ccccc9)n8)ccc76)cc(-n6c7ncncc7c7cncnc76)c5)ccc3n4-c3ccccc3)n2)cc1. The fourth-order valence-corrected chi connectivity index (χ4v) is 13.2. The summed E-state index contributed by atoms with van der Waals surface area (Å²) in [5, 5.41) is 20.5. The van der Waals surface area contributed by atoms with E-state index in [0.29, 0.717) is 40.3 Å². The van der Waals surface area contributed by atoms with Crippen LogP contribution in [0.3, 0.4) is 0 Å². The zero-order chi connectivity index (χ0) is 61.8. The molecular weight excluding hydrogens is 1170 g/mol. The van der Waals surface area contributed by atoms with E-state index >= 15 is 0 Å². The molecule has 0 radical (unpaired) electrons. The van der Waals surface area contributed by atoms with E-state index in [1.165, 1.54) is 0 Å². The van der Waals surface area contributed by atoms with Gasteiger partial charge in [-0.15, -0.1) is 15.3 Å². The Hall–Kier alpha value is -13.5. The van der Waals surface area contributed by atoms with Crippen LogP contribution in [0.5, 0.6) is 0 Å². The third kappa shape index (κ3) is 8.51. The monoisotopic (exact) mass is 1210 g/mol. The Labute approximate surface area is 532 Å². The number of para-hydroxylation sites is 4. The molecule has 0 atom stereocenters. The number of hydrogen-bond donors (Lipinski definition) is 0. The average molecular weight is 1220 g/mol. The van der Waals surface area contributed by atoms with Crippen LogP contribution >= 0.6 is 0 Å². The molecule has 0 aliphatic rings. The van der Waals surface area contributed by atoms with Crippen LogP contribution < -0.4 is 0 Å². The van der Waals surface area contributed by atoms with Crippen LogP contribution in [0.4, 0.5) is 0 Å². The summed E-state index contributed by atoms with van der Waals surface area (Å²) < 4.78 is 24.6. The molecular formula is C76H46N16O2. The van der Waals surface area contributed by atoms with E-state index in [4.69, 9.17) is 49.1 Å². The second-order valence-corrected chi connectivity index (χ2v) is 22.9. The van der Waals surface area contributed by atoms with Gasteiger partial charge in [0.25, 0.3) is 0 Å². The fourth-order valence-electron chi connectivity index (χ4n) is 13.2. The van der Waals surface area contributed by atoms with E-state index < -0.39 is 0 Å². The maximum atomic E-state index is 6.27. The number of aromatic nitrogens is 16. The number of nitrogens with zero attached hydrogens (tertiary/aromatic N) is 16. The van der Waals surface area contributed by atoms with Crippen molar-refractivity contribution < 1.29 is 8.83 Å². The summed E-state index contributed by atoms with van der Waals surface area (Å²) in [6.07, 6.45) is 15.4. The predicted octanol–water partition coefficient (Wildman–Crippen LogP) is 16.5. The molecule has 0 bridgehead atoms. The van der Waals surface area contributed by atoms with Gasteiger partial charge in [-0.2, -0.15) is 0 Å². The highest BCUT2D eigenvalue weighted by Gasteiger charge is 2.25. The Morgan fingerprint density at radius 3 is 1.14 bits per heavy atom. The van der Waals surface area contributed by atoms with Crippen molar-refractivity contribution in [1.82, 2.24) is 77.9 Å². The summed E-state index contributed by atoms with van der Waals surface area (Å²) in [6, 6.07) is 77.4. The zero-order valence-electron chi connectivity index (χ0n) is 49.5. The van der Waals surface area contributed by atoms with Crippen molar-refractivity contribution in [3.8, 4) is 102 Å². The Morgan fingerprint density at radius 1 is 0.277 bits per heavy atom. The van der Waals surface area contributed by atoms with Crippen LogP contribution in [0.2, 0.25) is 0 Å². The molecule has 18 nitrogen and oxygen atoms in total. The van der Waals surface area contributed by atoms with Gasteiger partial charge in [0.15, 0.2) is 17.3 Å². The lowest BCUT2D eigenvalue weighted by Crippen LogP contribution is -2.01. The van der Waals surface area contributed by atoms with Gasteiger partial charge in [0, 0.05) is 72.8 Å². The van der Waals surface area contributed by atoms with Gasteiger partial charge >= 0.3 is 0 Å². The molecule has 0 unspecified atom stereocenters. The Balaban J connectivity index is 0.831. The van der Waals surface area contributed by atoms with Gasteiger partial charge in [0.1, 0.15) is 42.9 Å². The molecule has 0 N–H and O–H groups in total. The van der Waals surface area contributed by atoms with Gasteiger partial charge in [-0.25, -0.2) is 48.9 Å². The summed E-state index contributed by atoms with van der Waals surface area (Å²) in [5.74, 6) is 2.65. The average Bonchev–Trinajstić information content (AvgIpc) is 1.59. The molecule has 0 aliphatic heterocycles. The van der Waals surface area contributed by atoms with Crippen LogP contribution in [-0.2, 0) is 0 Å². The molecule has 10 aromatic heterocycles. The number of fused-ring (bicyclic) bond motifs is 9. The molecule has 0 fully saturated rings. The van der Waals surface area contributed by atoms with Gasteiger partial charge in [-0.05, 0) is 156 Å². The Bertz CT molecular complexity index is 5910. The van der Waals surface area contributed by atoms with Crippen molar-refractivity contribution in [2.45, 2.75) is 0 Å². The molecule has 19 rings (SSSR count). The fraction of sp³-hybridized carbons (Fsp3) is 0. The molecule has 18 heteroatoms. The normalized spacial score (nSPS) is 11.8. The van der Waals surface area contributed by atoms with Crippen molar-refractivity contribution in [2.75, 3.05) is 0 Å². The summed E-state index contributed by atoms with van der Waals surface area (Å²) in [5.41, 5.74) is 17.2. The largest absolute Gasteiger partial charge is 0.460 e. The lowest BCUT2D eigenvalue weighted by Gasteiger charge is -2.16. The third-order valence-electron chi connectivity index (χ3n) is 17.5. The lowest BCUT2D eigenvalue weighted by molar-refractivity contribution is 0.577. The minimum absolute atomic E-state index is 0.463. The van der Waals surface area contributed by atoms with E-state index in [1.54, 1.807) is 53.5 Å². The molecule has 10 heterocycles. The molecule has 19 aromatic rings. The van der Waals surface area contributed by atoms with E-state index in [-0.39, 0.29) is 0 Å². The molecule has 0 saturated carbocycles. The molecule has 442 valence electrons. The molecule has 9 aromatic carbocycles. The third-order valence-corrected chi connectivity index (χ3v) is 17.5. The first-order valence-electron chi connectivity index (χ1n) is 30.4. The lowest BCUT2D eigenvalue weighted by atomic mass is 10.0. The van der Waals surface area contributed by atoms with E-state index in [0.717, 1.165) is 127 Å². The first kappa shape index (κ1) is 52.5. The van der Waals surface area contributed by atoms with Gasteiger partial charge in [-0.1, -0.05) is 91.0 Å². The minimum Gasteiger partial charge on any atom is -0.460 e. The van der Waals surface area contributed by atoms with Gasteiger partial charge < -0.3 is 18.0 Å². The molecule has 0 saturated heterocycles. The van der Waals surface area contributed by atoms with Crippen molar-refractivity contribution >= 4 is 65.7 Å². The maximum Gasteiger partial charge on any atom is 0.217 e. The Morgan fingerprint density at radius 2 is 0.660 bits per heavy atom. The topological polar surface area (TPSA) is 185 Å². The first-order chi connectivity index (χ1) is 46.6. The van der Waals surface area contributed by atoms with Crippen LogP contribution in [0.1, 0.15) is 0 Å². The number of furan rings is 2. The van der Waals surface area contributed by atoms with E-state index in [2.05, 4.69) is 139 Å². The van der Waals surface area contributed by atoms with Crippen LogP contribution in [-0.4, -0.2) is 77.9 Å². The van der Waals surface area contributed by atoms with Crippen LogP contribution in [0.25, 0.3) is 168 Å². The van der Waals surface area contributed by atoms with Crippen molar-refractivity contribution in [1.29, 1.82) is 0 Å². The summed E-state index contributed by atoms with van der Waals surface area (Å²) >= 11 is 0. The maximum absolute atomic E-state index is 6.27. The van der Waals surface area contributed by atoms with Gasteiger partial charge in [0.2, 0.25) is 11.6 Å². The van der Waals surface area contributed by atoms with Crippen molar-refractivity contribution in [3.63, 3.8) is 0 Å². The summed E-state index contributed by atoms with van der Waals surface area (Å²) in [7, 11) is 0. The molecule has 94 heavy (non-hydrogen) atoms. The standard InChI is InChI=1S/C76H46N16O2/c1-5-13-52(14-6-1)87-44-81-72(84-87)50-24-28-67-63(38-50)60-35-47(21-25-66(60)90(67)55-19-11-4-12-20-55)51-33-56(39-57(34-51)92-75-64(40-77-42-79-75)65-41-78-43-80-76(65)92)91-68-26-22-48(58-29-31-93-70(58)73-82-45-88(85-73)53-15-7-2-8-16-53)36-61(68)62-37-49(23-27-69(62)91)59-30-32-94-71(59)74-83-46-89(86-74)54-17-9-3-10-18-54/h1-46H. The molecule has 0 aliphatic carbocycles. The number of rotatable bonds is 12. The van der Waals surface area contributed by atoms with Crippen LogP contribution in [0, 0.1) is 0 Å².